The average molecular weight is 327 g/mol. The molecule has 0 bridgehead atoms. The first kappa shape index (κ1) is 16.3. The standard InChI is InChI=1S/C11H14Cl3N3O2/c1-19-5-4-15-9(18)2-3-16-11-8(13)6-7(12)10(14)17-11/h6H,2-5H2,1H3,(H,15,18)(H,16,17). The Hall–Kier alpha value is -0.750. The van der Waals surface area contributed by atoms with E-state index in [-0.39, 0.29) is 16.1 Å². The van der Waals surface area contributed by atoms with Crippen LogP contribution >= 0.6 is 34.8 Å². The van der Waals surface area contributed by atoms with Crippen molar-refractivity contribution in [3.63, 3.8) is 0 Å². The predicted molar refractivity (Wildman–Crippen MR) is 77.3 cm³/mol. The molecule has 1 aromatic rings. The molecule has 0 spiro atoms. The van der Waals surface area contributed by atoms with Gasteiger partial charge >= 0.3 is 0 Å². The fraction of sp³-hybridized carbons (Fsp3) is 0.455. The number of methoxy groups -OCH3 is 1. The van der Waals surface area contributed by atoms with E-state index in [1.54, 1.807) is 7.11 Å². The van der Waals surface area contributed by atoms with Crippen molar-refractivity contribution in [2.24, 2.45) is 0 Å². The van der Waals surface area contributed by atoms with Crippen LogP contribution in [0.4, 0.5) is 5.82 Å². The number of pyridine rings is 1. The van der Waals surface area contributed by atoms with Gasteiger partial charge in [-0.05, 0) is 6.07 Å². The first-order chi connectivity index (χ1) is 9.04. The summed E-state index contributed by atoms with van der Waals surface area (Å²) in [4.78, 5) is 15.4. The summed E-state index contributed by atoms with van der Waals surface area (Å²) in [7, 11) is 1.58. The van der Waals surface area contributed by atoms with Crippen LogP contribution in [0.5, 0.6) is 0 Å². The molecule has 1 aromatic heterocycles. The predicted octanol–water partition coefficient (Wildman–Crippen LogP) is 2.61. The van der Waals surface area contributed by atoms with Gasteiger partial charge in [-0.3, -0.25) is 4.79 Å². The Labute approximate surface area is 126 Å². The van der Waals surface area contributed by atoms with E-state index in [0.29, 0.717) is 37.0 Å². The number of aromatic nitrogens is 1. The van der Waals surface area contributed by atoms with Crippen LogP contribution < -0.4 is 10.6 Å². The van der Waals surface area contributed by atoms with Crippen LogP contribution in [0.15, 0.2) is 6.07 Å². The van der Waals surface area contributed by atoms with Gasteiger partial charge in [0.2, 0.25) is 5.91 Å². The van der Waals surface area contributed by atoms with E-state index in [1.165, 1.54) is 6.07 Å². The van der Waals surface area contributed by atoms with E-state index in [2.05, 4.69) is 15.6 Å². The number of rotatable bonds is 7. The van der Waals surface area contributed by atoms with Crippen molar-refractivity contribution < 1.29 is 9.53 Å². The fourth-order valence-electron chi connectivity index (χ4n) is 1.24. The Kier molecular flexibility index (Phi) is 7.23. The van der Waals surface area contributed by atoms with Crippen LogP contribution in [0.1, 0.15) is 6.42 Å². The first-order valence-corrected chi connectivity index (χ1v) is 6.69. The normalized spacial score (nSPS) is 10.3. The van der Waals surface area contributed by atoms with Gasteiger partial charge in [-0.1, -0.05) is 34.8 Å². The summed E-state index contributed by atoms with van der Waals surface area (Å²) in [5.74, 6) is 0.321. The molecule has 0 aliphatic carbocycles. The Morgan fingerprint density at radius 3 is 2.74 bits per heavy atom. The van der Waals surface area contributed by atoms with E-state index in [1.807, 2.05) is 0 Å². The van der Waals surface area contributed by atoms with Gasteiger partial charge in [-0.25, -0.2) is 4.98 Å². The quantitative estimate of drug-likeness (QED) is 0.597. The lowest BCUT2D eigenvalue weighted by Gasteiger charge is -2.09. The number of hydrogen-bond donors (Lipinski definition) is 2. The minimum absolute atomic E-state index is 0.0827. The summed E-state index contributed by atoms with van der Waals surface area (Å²) in [5.41, 5.74) is 0. The third-order valence-electron chi connectivity index (χ3n) is 2.16. The van der Waals surface area contributed by atoms with Gasteiger partial charge in [0.1, 0.15) is 11.0 Å². The highest BCUT2D eigenvalue weighted by Gasteiger charge is 2.08. The van der Waals surface area contributed by atoms with Gasteiger partial charge < -0.3 is 15.4 Å². The van der Waals surface area contributed by atoms with Gasteiger partial charge in [0.25, 0.3) is 0 Å². The fourth-order valence-corrected chi connectivity index (χ4v) is 1.81. The van der Waals surface area contributed by atoms with Crippen LogP contribution in [-0.2, 0) is 9.53 Å². The SMILES string of the molecule is COCCNC(=O)CCNc1nc(Cl)c(Cl)cc1Cl. The van der Waals surface area contributed by atoms with Crippen LogP contribution in [0.25, 0.3) is 0 Å². The number of nitrogens with zero attached hydrogens (tertiary/aromatic N) is 1. The van der Waals surface area contributed by atoms with Crippen LogP contribution in [0.2, 0.25) is 15.2 Å². The highest BCUT2D eigenvalue weighted by atomic mass is 35.5. The molecule has 0 aliphatic rings. The van der Waals surface area contributed by atoms with Gasteiger partial charge in [-0.15, -0.1) is 0 Å². The average Bonchev–Trinajstić information content (AvgIpc) is 2.36. The van der Waals surface area contributed by atoms with Crippen molar-refractivity contribution >= 4 is 46.5 Å². The van der Waals surface area contributed by atoms with E-state index in [9.17, 15) is 4.79 Å². The first-order valence-electron chi connectivity index (χ1n) is 5.55. The molecular weight excluding hydrogens is 312 g/mol. The lowest BCUT2D eigenvalue weighted by Crippen LogP contribution is -2.28. The monoisotopic (exact) mass is 325 g/mol. The van der Waals surface area contributed by atoms with Crippen molar-refractivity contribution in [2.45, 2.75) is 6.42 Å². The number of carbonyl (C=O) groups excluding carboxylic acids is 1. The highest BCUT2D eigenvalue weighted by molar-refractivity contribution is 6.42. The molecule has 0 saturated carbocycles. The molecule has 5 nitrogen and oxygen atoms in total. The molecule has 1 amide bonds. The minimum atomic E-state index is -0.0827. The van der Waals surface area contributed by atoms with Gasteiger partial charge in [-0.2, -0.15) is 0 Å². The number of carbonyl (C=O) groups is 1. The van der Waals surface area contributed by atoms with E-state index in [0.717, 1.165) is 0 Å². The van der Waals surface area contributed by atoms with Crippen molar-refractivity contribution in [2.75, 3.05) is 32.1 Å². The number of halogens is 3. The second kappa shape index (κ2) is 8.43. The van der Waals surface area contributed by atoms with Gasteiger partial charge in [0, 0.05) is 26.6 Å². The zero-order valence-electron chi connectivity index (χ0n) is 10.3. The maximum absolute atomic E-state index is 11.4. The molecule has 106 valence electrons. The molecule has 0 unspecified atom stereocenters. The smallest absolute Gasteiger partial charge is 0.221 e. The Bertz CT molecular complexity index is 443. The minimum Gasteiger partial charge on any atom is -0.383 e. The summed E-state index contributed by atoms with van der Waals surface area (Å²) >= 11 is 17.5. The highest BCUT2D eigenvalue weighted by Crippen LogP contribution is 2.28. The van der Waals surface area contributed by atoms with Crippen molar-refractivity contribution in [1.82, 2.24) is 10.3 Å². The molecule has 0 fully saturated rings. The van der Waals surface area contributed by atoms with E-state index >= 15 is 0 Å². The number of amides is 1. The van der Waals surface area contributed by atoms with Gasteiger partial charge in [0.15, 0.2) is 0 Å². The molecule has 0 aliphatic heterocycles. The molecule has 0 atom stereocenters. The molecule has 2 N–H and O–H groups in total. The molecule has 0 aromatic carbocycles. The Balaban J connectivity index is 2.37. The summed E-state index contributed by atoms with van der Waals surface area (Å²) in [6.07, 6.45) is 0.294. The second-order valence-corrected chi connectivity index (χ2v) is 4.78. The molecule has 1 rings (SSSR count). The second-order valence-electron chi connectivity index (χ2n) is 3.61. The lowest BCUT2D eigenvalue weighted by molar-refractivity contribution is -0.121. The Morgan fingerprint density at radius 1 is 1.32 bits per heavy atom. The maximum atomic E-state index is 11.4. The maximum Gasteiger partial charge on any atom is 0.221 e. The van der Waals surface area contributed by atoms with Crippen LogP contribution in [0.3, 0.4) is 0 Å². The van der Waals surface area contributed by atoms with Crippen molar-refractivity contribution in [1.29, 1.82) is 0 Å². The summed E-state index contributed by atoms with van der Waals surface area (Å²) < 4.78 is 4.82. The molecule has 0 saturated heterocycles. The molecule has 8 heteroatoms. The van der Waals surface area contributed by atoms with Crippen molar-refractivity contribution in [3.05, 3.63) is 21.3 Å². The third kappa shape index (κ3) is 5.82. The summed E-state index contributed by atoms with van der Waals surface area (Å²) in [6.45, 7) is 1.37. The number of anilines is 1. The van der Waals surface area contributed by atoms with Crippen LogP contribution in [0, 0.1) is 0 Å². The lowest BCUT2D eigenvalue weighted by atomic mass is 10.3. The number of hydrogen-bond acceptors (Lipinski definition) is 4. The van der Waals surface area contributed by atoms with Gasteiger partial charge in [0.05, 0.1) is 16.7 Å². The van der Waals surface area contributed by atoms with Crippen LogP contribution in [-0.4, -0.2) is 37.7 Å². The number of nitrogens with one attached hydrogen (secondary N) is 2. The zero-order chi connectivity index (χ0) is 14.3. The third-order valence-corrected chi connectivity index (χ3v) is 3.12. The summed E-state index contributed by atoms with van der Waals surface area (Å²) in [6, 6.07) is 1.50. The molecular formula is C11H14Cl3N3O2. The van der Waals surface area contributed by atoms with E-state index in [4.69, 9.17) is 39.5 Å². The number of ether oxygens (including phenoxy) is 1. The Morgan fingerprint density at radius 2 is 2.05 bits per heavy atom. The molecule has 19 heavy (non-hydrogen) atoms. The molecule has 0 radical (unpaired) electrons. The van der Waals surface area contributed by atoms with E-state index < -0.39 is 0 Å². The summed E-state index contributed by atoms with van der Waals surface area (Å²) in [5, 5.41) is 6.43. The zero-order valence-corrected chi connectivity index (χ0v) is 12.6. The molecule has 1 heterocycles. The topological polar surface area (TPSA) is 63.2 Å². The van der Waals surface area contributed by atoms with Crippen molar-refractivity contribution in [3.8, 4) is 0 Å². The largest absolute Gasteiger partial charge is 0.383 e.